The lowest BCUT2D eigenvalue weighted by Gasteiger charge is -2.39. The Hall–Kier alpha value is -2.04. The largest absolute Gasteiger partial charge is 0.481 e. The highest BCUT2D eigenvalue weighted by Gasteiger charge is 2.38. The number of hydrogen-bond donors (Lipinski definition) is 2. The second-order valence-corrected chi connectivity index (χ2v) is 6.39. The second kappa shape index (κ2) is 7.99. The van der Waals surface area contributed by atoms with E-state index in [2.05, 4.69) is 12.2 Å². The van der Waals surface area contributed by atoms with E-state index in [1.54, 1.807) is 0 Å². The van der Waals surface area contributed by atoms with Gasteiger partial charge < -0.3 is 15.2 Å². The van der Waals surface area contributed by atoms with Crippen LogP contribution in [0.25, 0.3) is 0 Å². The number of benzene rings is 1. The van der Waals surface area contributed by atoms with E-state index in [0.29, 0.717) is 18.8 Å². The van der Waals surface area contributed by atoms with E-state index in [4.69, 9.17) is 4.74 Å². The first-order valence-corrected chi connectivity index (χ1v) is 8.23. The van der Waals surface area contributed by atoms with Gasteiger partial charge in [0.05, 0.1) is 12.0 Å². The van der Waals surface area contributed by atoms with E-state index >= 15 is 0 Å². The maximum absolute atomic E-state index is 12.1. The van der Waals surface area contributed by atoms with Crippen LogP contribution in [0, 0.1) is 5.92 Å². The first kappa shape index (κ1) is 17.3. The van der Waals surface area contributed by atoms with Crippen molar-refractivity contribution in [3.8, 4) is 0 Å². The standard InChI is InChI=1S/C18H25NO4/c1-2-14-8-10-18(11-9-14,12-16(20)21)19-17(22)23-13-15-6-4-3-5-7-15/h3-7,14H,2,8-13H2,1H3,(H,19,22)(H,20,21). The van der Waals surface area contributed by atoms with E-state index in [1.807, 2.05) is 30.3 Å². The Morgan fingerprint density at radius 1 is 1.26 bits per heavy atom. The van der Waals surface area contributed by atoms with Crippen molar-refractivity contribution in [2.24, 2.45) is 5.92 Å². The Bertz CT molecular complexity index is 521. The molecule has 1 amide bonds. The van der Waals surface area contributed by atoms with Crippen LogP contribution in [0.3, 0.4) is 0 Å². The van der Waals surface area contributed by atoms with Gasteiger partial charge in [-0.2, -0.15) is 0 Å². The van der Waals surface area contributed by atoms with E-state index in [9.17, 15) is 14.7 Å². The molecule has 1 aromatic rings. The van der Waals surface area contributed by atoms with Gasteiger partial charge in [-0.25, -0.2) is 4.79 Å². The summed E-state index contributed by atoms with van der Waals surface area (Å²) in [5.41, 5.74) is 0.232. The maximum atomic E-state index is 12.1. The van der Waals surface area contributed by atoms with Gasteiger partial charge >= 0.3 is 12.1 Å². The van der Waals surface area contributed by atoms with Gasteiger partial charge in [0.1, 0.15) is 6.61 Å². The molecule has 1 aliphatic rings. The van der Waals surface area contributed by atoms with Gasteiger partial charge in [0.15, 0.2) is 0 Å². The topological polar surface area (TPSA) is 75.6 Å². The molecule has 0 spiro atoms. The predicted octanol–water partition coefficient (Wildman–Crippen LogP) is 3.73. The molecule has 0 atom stereocenters. The third-order valence-corrected chi connectivity index (χ3v) is 4.71. The molecule has 23 heavy (non-hydrogen) atoms. The van der Waals surface area contributed by atoms with Crippen LogP contribution in [0.15, 0.2) is 30.3 Å². The highest BCUT2D eigenvalue weighted by atomic mass is 16.5. The third-order valence-electron chi connectivity index (χ3n) is 4.71. The second-order valence-electron chi connectivity index (χ2n) is 6.39. The summed E-state index contributed by atoms with van der Waals surface area (Å²) in [5, 5.41) is 12.0. The van der Waals surface area contributed by atoms with Crippen LogP contribution in [-0.2, 0) is 16.1 Å². The number of nitrogens with one attached hydrogen (secondary N) is 1. The molecule has 2 N–H and O–H groups in total. The van der Waals surface area contributed by atoms with Gasteiger partial charge in [-0.15, -0.1) is 0 Å². The number of hydrogen-bond acceptors (Lipinski definition) is 3. The van der Waals surface area contributed by atoms with Gasteiger partial charge in [0.2, 0.25) is 0 Å². The molecule has 0 saturated heterocycles. The zero-order chi connectivity index (χ0) is 16.7. The van der Waals surface area contributed by atoms with Crippen LogP contribution in [0.2, 0.25) is 0 Å². The van der Waals surface area contributed by atoms with E-state index in [0.717, 1.165) is 24.8 Å². The zero-order valence-electron chi connectivity index (χ0n) is 13.6. The number of alkyl carbamates (subject to hydrolysis) is 1. The summed E-state index contributed by atoms with van der Waals surface area (Å²) in [5.74, 6) is -0.262. The lowest BCUT2D eigenvalue weighted by atomic mass is 9.74. The zero-order valence-corrected chi connectivity index (χ0v) is 13.6. The van der Waals surface area contributed by atoms with Crippen molar-refractivity contribution < 1.29 is 19.4 Å². The van der Waals surface area contributed by atoms with Crippen molar-refractivity contribution in [1.82, 2.24) is 5.32 Å². The van der Waals surface area contributed by atoms with Crippen LogP contribution >= 0.6 is 0 Å². The Morgan fingerprint density at radius 3 is 2.48 bits per heavy atom. The van der Waals surface area contributed by atoms with Crippen LogP contribution < -0.4 is 5.32 Å². The average molecular weight is 319 g/mol. The number of ether oxygens (including phenoxy) is 1. The van der Waals surface area contributed by atoms with Crippen molar-refractivity contribution in [3.63, 3.8) is 0 Å². The minimum atomic E-state index is -0.886. The van der Waals surface area contributed by atoms with Crippen molar-refractivity contribution in [2.75, 3.05) is 0 Å². The Morgan fingerprint density at radius 2 is 1.91 bits per heavy atom. The van der Waals surface area contributed by atoms with Gasteiger partial charge in [0.25, 0.3) is 0 Å². The average Bonchev–Trinajstić information content (AvgIpc) is 2.54. The van der Waals surface area contributed by atoms with Crippen molar-refractivity contribution in [2.45, 2.75) is 57.6 Å². The molecule has 2 rings (SSSR count). The summed E-state index contributed by atoms with van der Waals surface area (Å²) < 4.78 is 5.25. The lowest BCUT2D eigenvalue weighted by Crippen LogP contribution is -2.52. The molecule has 1 saturated carbocycles. The quantitative estimate of drug-likeness (QED) is 0.838. The highest BCUT2D eigenvalue weighted by Crippen LogP contribution is 2.36. The fourth-order valence-corrected chi connectivity index (χ4v) is 3.25. The smallest absolute Gasteiger partial charge is 0.407 e. The molecule has 0 aromatic heterocycles. The van der Waals surface area contributed by atoms with E-state index in [1.165, 1.54) is 0 Å². The first-order chi connectivity index (χ1) is 11.0. The number of amides is 1. The van der Waals surface area contributed by atoms with Gasteiger partial charge in [-0.05, 0) is 37.2 Å². The number of carbonyl (C=O) groups is 2. The van der Waals surface area contributed by atoms with Crippen LogP contribution in [0.4, 0.5) is 4.79 Å². The number of aliphatic carboxylic acids is 1. The predicted molar refractivity (Wildman–Crippen MR) is 87.0 cm³/mol. The maximum Gasteiger partial charge on any atom is 0.407 e. The van der Waals surface area contributed by atoms with Crippen molar-refractivity contribution in [3.05, 3.63) is 35.9 Å². The molecule has 0 aliphatic heterocycles. The minimum absolute atomic E-state index is 0.0517. The van der Waals surface area contributed by atoms with Crippen molar-refractivity contribution >= 4 is 12.1 Å². The SMILES string of the molecule is CCC1CCC(CC(=O)O)(NC(=O)OCc2ccccc2)CC1. The molecule has 1 aromatic carbocycles. The fourth-order valence-electron chi connectivity index (χ4n) is 3.25. The molecule has 0 radical (unpaired) electrons. The van der Waals surface area contributed by atoms with E-state index in [-0.39, 0.29) is 13.0 Å². The summed E-state index contributed by atoms with van der Waals surface area (Å²) in [4.78, 5) is 23.3. The summed E-state index contributed by atoms with van der Waals surface area (Å²) >= 11 is 0. The minimum Gasteiger partial charge on any atom is -0.481 e. The number of rotatable bonds is 6. The normalized spacial score (nSPS) is 24.0. The van der Waals surface area contributed by atoms with Gasteiger partial charge in [-0.3, -0.25) is 4.79 Å². The molecular weight excluding hydrogens is 294 g/mol. The molecule has 0 bridgehead atoms. The number of carboxylic acid groups (broad SMARTS) is 1. The summed E-state index contributed by atoms with van der Waals surface area (Å²) in [6, 6.07) is 9.43. The first-order valence-electron chi connectivity index (χ1n) is 8.23. The van der Waals surface area contributed by atoms with Crippen LogP contribution in [0.5, 0.6) is 0 Å². The van der Waals surface area contributed by atoms with Crippen LogP contribution in [-0.4, -0.2) is 22.7 Å². The summed E-state index contributed by atoms with van der Waals surface area (Å²) in [7, 11) is 0. The molecule has 0 unspecified atom stereocenters. The Kier molecular flexibility index (Phi) is 6.02. The van der Waals surface area contributed by atoms with E-state index < -0.39 is 17.6 Å². The number of carboxylic acids is 1. The van der Waals surface area contributed by atoms with Gasteiger partial charge in [-0.1, -0.05) is 43.7 Å². The number of carbonyl (C=O) groups excluding carboxylic acids is 1. The lowest BCUT2D eigenvalue weighted by molar-refractivity contribution is -0.139. The molecule has 5 heteroatoms. The monoisotopic (exact) mass is 319 g/mol. The third kappa shape index (κ3) is 5.27. The molecule has 126 valence electrons. The molecule has 1 fully saturated rings. The van der Waals surface area contributed by atoms with Crippen molar-refractivity contribution in [1.29, 1.82) is 0 Å². The Balaban J connectivity index is 1.92. The molecular formula is C18H25NO4. The summed E-state index contributed by atoms with van der Waals surface area (Å²) in [6.45, 7) is 2.34. The van der Waals surface area contributed by atoms with Gasteiger partial charge in [0, 0.05) is 0 Å². The highest BCUT2D eigenvalue weighted by molar-refractivity contribution is 5.72. The fraction of sp³-hybridized carbons (Fsp3) is 0.556. The molecule has 0 heterocycles. The molecule has 5 nitrogen and oxygen atoms in total. The Labute approximate surface area is 137 Å². The summed E-state index contributed by atoms with van der Waals surface area (Å²) in [6.07, 6.45) is 3.79. The van der Waals surface area contributed by atoms with Crippen LogP contribution in [0.1, 0.15) is 51.0 Å². The molecule has 1 aliphatic carbocycles.